The first kappa shape index (κ1) is 12.9. The fourth-order valence-corrected chi connectivity index (χ4v) is 2.18. The van der Waals surface area contributed by atoms with E-state index in [1.165, 1.54) is 11.3 Å². The normalized spacial score (nSPS) is 12.2. The Hall–Kier alpha value is -1.50. The molecular formula is C11H11ClN4OS. The molecule has 1 unspecified atom stereocenters. The van der Waals surface area contributed by atoms with Crippen LogP contribution in [-0.2, 0) is 0 Å². The fraction of sp³-hybridized carbons (Fsp3) is 0.182. The van der Waals surface area contributed by atoms with Crippen LogP contribution in [0.1, 0.15) is 28.5 Å². The summed E-state index contributed by atoms with van der Waals surface area (Å²) in [5, 5.41) is 5.33. The van der Waals surface area contributed by atoms with Crippen LogP contribution in [-0.4, -0.2) is 15.9 Å². The van der Waals surface area contributed by atoms with Gasteiger partial charge in [0.2, 0.25) is 0 Å². The summed E-state index contributed by atoms with van der Waals surface area (Å²) in [6.45, 7) is 1.82. The van der Waals surface area contributed by atoms with Crippen molar-refractivity contribution in [2.75, 3.05) is 5.32 Å². The van der Waals surface area contributed by atoms with Gasteiger partial charge >= 0.3 is 0 Å². The highest BCUT2D eigenvalue weighted by atomic mass is 35.5. The van der Waals surface area contributed by atoms with E-state index in [0.29, 0.717) is 16.7 Å². The second kappa shape index (κ2) is 5.43. The molecule has 1 atom stereocenters. The van der Waals surface area contributed by atoms with Gasteiger partial charge in [-0.2, -0.15) is 0 Å². The molecule has 0 fully saturated rings. The Morgan fingerprint density at radius 1 is 1.50 bits per heavy atom. The molecule has 2 aromatic heterocycles. The molecule has 2 rings (SSSR count). The summed E-state index contributed by atoms with van der Waals surface area (Å²) in [6.07, 6.45) is 0. The molecule has 5 nitrogen and oxygen atoms in total. The maximum atomic E-state index is 11.9. The van der Waals surface area contributed by atoms with Crippen LogP contribution in [0.3, 0.4) is 0 Å². The maximum absolute atomic E-state index is 11.9. The lowest BCUT2D eigenvalue weighted by molar-refractivity contribution is 0.102. The van der Waals surface area contributed by atoms with Crippen LogP contribution in [0.4, 0.5) is 5.82 Å². The third-order valence-electron chi connectivity index (χ3n) is 2.10. The Morgan fingerprint density at radius 3 is 2.89 bits per heavy atom. The molecule has 2 heterocycles. The lowest BCUT2D eigenvalue weighted by Gasteiger charge is -2.02. The number of aromatic nitrogens is 2. The highest BCUT2D eigenvalue weighted by molar-refractivity contribution is 7.09. The predicted octanol–water partition coefficient (Wildman–Crippen LogP) is 2.46. The summed E-state index contributed by atoms with van der Waals surface area (Å²) in [6, 6.07) is 4.82. The topological polar surface area (TPSA) is 80.9 Å². The van der Waals surface area contributed by atoms with Gasteiger partial charge in [0.15, 0.2) is 0 Å². The number of nitrogens with one attached hydrogen (secondary N) is 1. The molecule has 0 radical (unpaired) electrons. The third-order valence-corrected chi connectivity index (χ3v) is 3.36. The molecule has 94 valence electrons. The number of hydrogen-bond donors (Lipinski definition) is 2. The maximum Gasteiger partial charge on any atom is 0.276 e. The highest BCUT2D eigenvalue weighted by Crippen LogP contribution is 2.17. The Balaban J connectivity index is 2.12. The molecule has 0 aliphatic heterocycles. The molecule has 0 aromatic carbocycles. The van der Waals surface area contributed by atoms with Gasteiger partial charge in [0, 0.05) is 5.38 Å². The summed E-state index contributed by atoms with van der Waals surface area (Å²) >= 11 is 7.08. The molecule has 3 N–H and O–H groups in total. The number of amides is 1. The molecule has 0 spiro atoms. The van der Waals surface area contributed by atoms with E-state index in [9.17, 15) is 4.79 Å². The van der Waals surface area contributed by atoms with Gasteiger partial charge in [0.05, 0.1) is 6.04 Å². The number of anilines is 1. The van der Waals surface area contributed by atoms with E-state index in [1.54, 1.807) is 23.6 Å². The molecule has 0 aliphatic carbocycles. The number of nitrogens with two attached hydrogens (primary N) is 1. The second-order valence-electron chi connectivity index (χ2n) is 3.66. The SMILES string of the molecule is CC(N)c1nc(C(=O)Nc2cccc(Cl)n2)cs1. The molecule has 1 amide bonds. The zero-order valence-electron chi connectivity index (χ0n) is 9.55. The fourth-order valence-electron chi connectivity index (χ4n) is 1.26. The number of carbonyl (C=O) groups is 1. The molecule has 0 aliphatic rings. The van der Waals surface area contributed by atoms with Gasteiger partial charge in [0.1, 0.15) is 21.7 Å². The van der Waals surface area contributed by atoms with Crippen LogP contribution >= 0.6 is 22.9 Å². The van der Waals surface area contributed by atoms with Crippen molar-refractivity contribution in [3.63, 3.8) is 0 Å². The molecule has 0 saturated carbocycles. The van der Waals surface area contributed by atoms with Gasteiger partial charge in [-0.15, -0.1) is 11.3 Å². The average Bonchev–Trinajstić information content (AvgIpc) is 2.78. The standard InChI is InChI=1S/C11H11ClN4OS/c1-6(13)11-14-7(5-18-11)10(17)16-9-4-2-3-8(12)15-9/h2-6H,13H2,1H3,(H,15,16,17). The Labute approximate surface area is 113 Å². The average molecular weight is 283 g/mol. The molecular weight excluding hydrogens is 272 g/mol. The third kappa shape index (κ3) is 3.04. The van der Waals surface area contributed by atoms with Crippen molar-refractivity contribution in [1.82, 2.24) is 9.97 Å². The number of thiazole rings is 1. The van der Waals surface area contributed by atoms with E-state index in [0.717, 1.165) is 5.01 Å². The predicted molar refractivity (Wildman–Crippen MR) is 71.9 cm³/mol. The van der Waals surface area contributed by atoms with Crippen LogP contribution in [0.5, 0.6) is 0 Å². The Bertz CT molecular complexity index is 570. The van der Waals surface area contributed by atoms with E-state index in [2.05, 4.69) is 15.3 Å². The quantitative estimate of drug-likeness (QED) is 0.848. The molecule has 18 heavy (non-hydrogen) atoms. The Morgan fingerprint density at radius 2 is 2.28 bits per heavy atom. The minimum absolute atomic E-state index is 0.180. The number of pyridine rings is 1. The Kier molecular flexibility index (Phi) is 3.90. The number of carbonyl (C=O) groups excluding carboxylic acids is 1. The molecule has 0 bridgehead atoms. The summed E-state index contributed by atoms with van der Waals surface area (Å²) in [7, 11) is 0. The van der Waals surface area contributed by atoms with Crippen molar-refractivity contribution in [3.05, 3.63) is 39.4 Å². The highest BCUT2D eigenvalue weighted by Gasteiger charge is 2.13. The zero-order valence-corrected chi connectivity index (χ0v) is 11.1. The van der Waals surface area contributed by atoms with Crippen LogP contribution in [0.15, 0.2) is 23.6 Å². The first-order chi connectivity index (χ1) is 8.56. The first-order valence-corrected chi connectivity index (χ1v) is 6.47. The van der Waals surface area contributed by atoms with Crippen molar-refractivity contribution in [2.24, 2.45) is 5.73 Å². The van der Waals surface area contributed by atoms with E-state index in [4.69, 9.17) is 17.3 Å². The van der Waals surface area contributed by atoms with E-state index >= 15 is 0 Å². The number of halogens is 1. The van der Waals surface area contributed by atoms with E-state index in [-0.39, 0.29) is 11.9 Å². The van der Waals surface area contributed by atoms with Gasteiger partial charge in [0.25, 0.3) is 5.91 Å². The summed E-state index contributed by atoms with van der Waals surface area (Å²) in [5.74, 6) is 0.0655. The van der Waals surface area contributed by atoms with Crippen molar-refractivity contribution in [3.8, 4) is 0 Å². The number of nitrogens with zero attached hydrogens (tertiary/aromatic N) is 2. The molecule has 2 aromatic rings. The minimum Gasteiger partial charge on any atom is -0.322 e. The summed E-state index contributed by atoms with van der Waals surface area (Å²) in [5.41, 5.74) is 6.01. The van der Waals surface area contributed by atoms with Crippen molar-refractivity contribution in [2.45, 2.75) is 13.0 Å². The summed E-state index contributed by atoms with van der Waals surface area (Å²) < 4.78 is 0. The second-order valence-corrected chi connectivity index (χ2v) is 4.94. The minimum atomic E-state index is -0.326. The smallest absolute Gasteiger partial charge is 0.276 e. The van der Waals surface area contributed by atoms with Gasteiger partial charge < -0.3 is 11.1 Å². The van der Waals surface area contributed by atoms with Gasteiger partial charge in [-0.3, -0.25) is 4.79 Å². The van der Waals surface area contributed by atoms with Crippen molar-refractivity contribution >= 4 is 34.7 Å². The van der Waals surface area contributed by atoms with Crippen molar-refractivity contribution < 1.29 is 4.79 Å². The lowest BCUT2D eigenvalue weighted by Crippen LogP contribution is -2.14. The number of rotatable bonds is 3. The lowest BCUT2D eigenvalue weighted by atomic mass is 10.4. The van der Waals surface area contributed by atoms with Crippen LogP contribution in [0, 0.1) is 0 Å². The van der Waals surface area contributed by atoms with Crippen LogP contribution < -0.4 is 11.1 Å². The van der Waals surface area contributed by atoms with Crippen LogP contribution in [0.25, 0.3) is 0 Å². The number of hydrogen-bond acceptors (Lipinski definition) is 5. The largest absolute Gasteiger partial charge is 0.322 e. The van der Waals surface area contributed by atoms with E-state index in [1.807, 2.05) is 6.92 Å². The molecule has 7 heteroatoms. The van der Waals surface area contributed by atoms with Gasteiger partial charge in [-0.05, 0) is 19.1 Å². The van der Waals surface area contributed by atoms with Crippen molar-refractivity contribution in [1.29, 1.82) is 0 Å². The van der Waals surface area contributed by atoms with Crippen LogP contribution in [0.2, 0.25) is 5.15 Å². The monoisotopic (exact) mass is 282 g/mol. The molecule has 0 saturated heterocycles. The summed E-state index contributed by atoms with van der Waals surface area (Å²) in [4.78, 5) is 20.0. The van der Waals surface area contributed by atoms with E-state index < -0.39 is 0 Å². The first-order valence-electron chi connectivity index (χ1n) is 5.21. The zero-order chi connectivity index (χ0) is 13.1. The van der Waals surface area contributed by atoms with Gasteiger partial charge in [-0.25, -0.2) is 9.97 Å². The van der Waals surface area contributed by atoms with Gasteiger partial charge in [-0.1, -0.05) is 17.7 Å².